The van der Waals surface area contributed by atoms with E-state index in [0.29, 0.717) is 17.3 Å². The average molecular weight is 273 g/mol. The second kappa shape index (κ2) is 6.67. The third-order valence-electron chi connectivity index (χ3n) is 2.58. The minimum Gasteiger partial charge on any atom is -0.479 e. The monoisotopic (exact) mass is 272 g/mol. The van der Waals surface area contributed by atoms with Gasteiger partial charge < -0.3 is 10.1 Å². The molecule has 0 aliphatic carbocycles. The quantitative estimate of drug-likeness (QED) is 0.899. The van der Waals surface area contributed by atoms with Gasteiger partial charge in [0.05, 0.1) is 10.7 Å². The summed E-state index contributed by atoms with van der Waals surface area (Å²) in [4.78, 5) is 0. The fourth-order valence-corrected chi connectivity index (χ4v) is 1.82. The highest BCUT2D eigenvalue weighted by molar-refractivity contribution is 6.33. The van der Waals surface area contributed by atoms with E-state index in [9.17, 15) is 0 Å². The molecule has 0 aliphatic heterocycles. The molecule has 0 aromatic heterocycles. The van der Waals surface area contributed by atoms with Crippen LogP contribution in [0.1, 0.15) is 5.56 Å². The van der Waals surface area contributed by atoms with E-state index in [4.69, 9.17) is 21.6 Å². The van der Waals surface area contributed by atoms with Crippen LogP contribution >= 0.6 is 11.6 Å². The minimum absolute atomic E-state index is 0.0667. The third kappa shape index (κ3) is 3.90. The van der Waals surface area contributed by atoms with Crippen LogP contribution in [0.5, 0.6) is 5.75 Å². The second-order valence-electron chi connectivity index (χ2n) is 3.92. The topological polar surface area (TPSA) is 45.0 Å². The molecule has 0 amide bonds. The lowest BCUT2D eigenvalue weighted by Crippen LogP contribution is -2.00. The van der Waals surface area contributed by atoms with E-state index in [-0.39, 0.29) is 6.61 Å². The van der Waals surface area contributed by atoms with Crippen molar-refractivity contribution in [1.29, 1.82) is 5.26 Å². The first kappa shape index (κ1) is 13.3. The summed E-state index contributed by atoms with van der Waals surface area (Å²) in [6, 6.07) is 17.2. The molecule has 2 rings (SSSR count). The van der Waals surface area contributed by atoms with Gasteiger partial charge in [0.15, 0.2) is 6.61 Å². The van der Waals surface area contributed by atoms with Gasteiger partial charge in [-0.1, -0.05) is 35.9 Å². The van der Waals surface area contributed by atoms with Crippen molar-refractivity contribution in [3.63, 3.8) is 0 Å². The Labute approximate surface area is 117 Å². The van der Waals surface area contributed by atoms with E-state index in [1.807, 2.05) is 54.6 Å². The van der Waals surface area contributed by atoms with Gasteiger partial charge in [-0.15, -0.1) is 0 Å². The van der Waals surface area contributed by atoms with Crippen LogP contribution in [0.15, 0.2) is 48.5 Å². The van der Waals surface area contributed by atoms with E-state index in [1.54, 1.807) is 0 Å². The van der Waals surface area contributed by atoms with Crippen LogP contribution in [-0.4, -0.2) is 6.61 Å². The Morgan fingerprint density at radius 3 is 2.53 bits per heavy atom. The molecule has 3 nitrogen and oxygen atoms in total. The number of halogens is 1. The molecule has 1 N–H and O–H groups in total. The Morgan fingerprint density at radius 2 is 1.84 bits per heavy atom. The van der Waals surface area contributed by atoms with Crippen LogP contribution in [0.25, 0.3) is 0 Å². The number of para-hydroxylation sites is 1. The molecular weight excluding hydrogens is 260 g/mol. The van der Waals surface area contributed by atoms with Gasteiger partial charge in [-0.2, -0.15) is 5.26 Å². The summed E-state index contributed by atoms with van der Waals surface area (Å²) in [5.74, 6) is 0.697. The summed E-state index contributed by atoms with van der Waals surface area (Å²) < 4.78 is 5.19. The lowest BCUT2D eigenvalue weighted by molar-refractivity contribution is 0.368. The van der Waals surface area contributed by atoms with Crippen LogP contribution in [0.2, 0.25) is 5.02 Å². The molecule has 19 heavy (non-hydrogen) atoms. The maximum atomic E-state index is 8.42. The molecule has 4 heteroatoms. The normalized spacial score (nSPS) is 9.68. The highest BCUT2D eigenvalue weighted by Crippen LogP contribution is 2.21. The van der Waals surface area contributed by atoms with E-state index in [1.165, 1.54) is 0 Å². The molecule has 0 fully saturated rings. The zero-order chi connectivity index (χ0) is 13.5. The zero-order valence-corrected chi connectivity index (χ0v) is 11.0. The second-order valence-corrected chi connectivity index (χ2v) is 4.33. The van der Waals surface area contributed by atoms with Gasteiger partial charge in [0.1, 0.15) is 11.8 Å². The Morgan fingerprint density at radius 1 is 1.11 bits per heavy atom. The highest BCUT2D eigenvalue weighted by atomic mass is 35.5. The molecule has 2 aromatic carbocycles. The predicted molar refractivity (Wildman–Crippen MR) is 76.3 cm³/mol. The van der Waals surface area contributed by atoms with Crippen molar-refractivity contribution in [3.8, 4) is 11.8 Å². The molecule has 0 atom stereocenters. The third-order valence-corrected chi connectivity index (χ3v) is 2.91. The number of nitrogens with zero attached hydrogens (tertiary/aromatic N) is 1. The van der Waals surface area contributed by atoms with Gasteiger partial charge >= 0.3 is 0 Å². The van der Waals surface area contributed by atoms with E-state index < -0.39 is 0 Å². The maximum absolute atomic E-state index is 8.42. The van der Waals surface area contributed by atoms with Crippen molar-refractivity contribution in [2.75, 3.05) is 11.9 Å². The number of nitriles is 1. The molecule has 0 bridgehead atoms. The molecular formula is C15H13ClN2O. The molecule has 0 spiro atoms. The summed E-state index contributed by atoms with van der Waals surface area (Å²) in [7, 11) is 0. The highest BCUT2D eigenvalue weighted by Gasteiger charge is 1.99. The van der Waals surface area contributed by atoms with Gasteiger partial charge in [-0.3, -0.25) is 0 Å². The van der Waals surface area contributed by atoms with Gasteiger partial charge in [-0.25, -0.2) is 0 Å². The van der Waals surface area contributed by atoms with Crippen molar-refractivity contribution in [1.82, 2.24) is 0 Å². The molecule has 0 aliphatic rings. The van der Waals surface area contributed by atoms with E-state index >= 15 is 0 Å². The first-order valence-electron chi connectivity index (χ1n) is 5.86. The smallest absolute Gasteiger partial charge is 0.174 e. The van der Waals surface area contributed by atoms with Crippen LogP contribution < -0.4 is 10.1 Å². The van der Waals surface area contributed by atoms with Crippen molar-refractivity contribution in [2.24, 2.45) is 0 Å². The largest absolute Gasteiger partial charge is 0.479 e. The predicted octanol–water partition coefficient (Wildman–Crippen LogP) is 3.85. The number of ether oxygens (including phenoxy) is 1. The fourth-order valence-electron chi connectivity index (χ4n) is 1.62. The number of rotatable bonds is 5. The van der Waals surface area contributed by atoms with Crippen molar-refractivity contribution in [3.05, 3.63) is 59.1 Å². The van der Waals surface area contributed by atoms with Gasteiger partial charge in [0.25, 0.3) is 0 Å². The van der Waals surface area contributed by atoms with Gasteiger partial charge in [-0.05, 0) is 29.8 Å². The number of nitrogens with one attached hydrogen (secondary N) is 1. The minimum atomic E-state index is 0.0667. The first-order chi connectivity index (χ1) is 9.29. The Hall–Kier alpha value is -2.18. The molecule has 0 heterocycles. The molecule has 0 radical (unpaired) electrons. The Kier molecular flexibility index (Phi) is 4.66. The lowest BCUT2D eigenvalue weighted by Gasteiger charge is -2.09. The fraction of sp³-hybridized carbons (Fsp3) is 0.133. The lowest BCUT2D eigenvalue weighted by atomic mass is 10.2. The summed E-state index contributed by atoms with van der Waals surface area (Å²) >= 11 is 6.06. The summed E-state index contributed by atoms with van der Waals surface area (Å²) in [5, 5.41) is 12.4. The summed E-state index contributed by atoms with van der Waals surface area (Å²) in [5.41, 5.74) is 2.03. The summed E-state index contributed by atoms with van der Waals surface area (Å²) in [6.45, 7) is 0.749. The van der Waals surface area contributed by atoms with Crippen LogP contribution in [0.4, 0.5) is 5.69 Å². The molecule has 0 unspecified atom stereocenters. The Balaban J connectivity index is 1.93. The molecule has 0 saturated heterocycles. The van der Waals surface area contributed by atoms with E-state index in [2.05, 4.69) is 5.32 Å². The zero-order valence-electron chi connectivity index (χ0n) is 10.3. The molecule has 96 valence electrons. The van der Waals surface area contributed by atoms with E-state index in [0.717, 1.165) is 11.3 Å². The van der Waals surface area contributed by atoms with Gasteiger partial charge in [0.2, 0.25) is 0 Å². The van der Waals surface area contributed by atoms with Crippen molar-refractivity contribution in [2.45, 2.75) is 6.54 Å². The van der Waals surface area contributed by atoms with Crippen LogP contribution in [0, 0.1) is 11.3 Å². The average Bonchev–Trinajstić information content (AvgIpc) is 2.45. The van der Waals surface area contributed by atoms with Gasteiger partial charge in [0, 0.05) is 6.54 Å². The number of anilines is 1. The van der Waals surface area contributed by atoms with Crippen LogP contribution in [-0.2, 0) is 6.54 Å². The standard InChI is InChI=1S/C15H13ClN2O/c16-14-3-1-2-4-15(14)18-11-12-5-7-13(8-6-12)19-10-9-17/h1-8,18H,10-11H2. The number of hydrogen-bond acceptors (Lipinski definition) is 3. The SMILES string of the molecule is N#CCOc1ccc(CNc2ccccc2Cl)cc1. The van der Waals surface area contributed by atoms with Crippen molar-refractivity contribution >= 4 is 17.3 Å². The number of benzene rings is 2. The Bertz CT molecular complexity index is 575. The van der Waals surface area contributed by atoms with Crippen LogP contribution in [0.3, 0.4) is 0 Å². The number of hydrogen-bond donors (Lipinski definition) is 1. The summed E-state index contributed by atoms with van der Waals surface area (Å²) in [6.07, 6.45) is 0. The first-order valence-corrected chi connectivity index (χ1v) is 6.24. The molecule has 2 aromatic rings. The van der Waals surface area contributed by atoms with Crippen molar-refractivity contribution < 1.29 is 4.74 Å². The maximum Gasteiger partial charge on any atom is 0.174 e. The molecule has 0 saturated carbocycles.